The summed E-state index contributed by atoms with van der Waals surface area (Å²) in [5.74, 6) is -1.04. The number of amidine groups is 1. The molecule has 2 aromatic rings. The van der Waals surface area contributed by atoms with E-state index < -0.39 is 38.2 Å². The van der Waals surface area contributed by atoms with E-state index in [1.54, 1.807) is 0 Å². The minimum absolute atomic E-state index is 0.0389. The summed E-state index contributed by atoms with van der Waals surface area (Å²) in [5.41, 5.74) is 5.73. The van der Waals surface area contributed by atoms with Crippen LogP contribution < -0.4 is 10.5 Å². The number of aliphatic imine (C=N–C) groups is 1. The van der Waals surface area contributed by atoms with Crippen molar-refractivity contribution in [2.24, 2.45) is 16.6 Å². The van der Waals surface area contributed by atoms with E-state index in [0.29, 0.717) is 18.4 Å². The van der Waals surface area contributed by atoms with Gasteiger partial charge in [0.1, 0.15) is 24.0 Å². The molecular formula is C23H25F3N4O3S. The second kappa shape index (κ2) is 9.36. The molecule has 1 aromatic heterocycles. The average molecular weight is 495 g/mol. The molecule has 2 heterocycles. The molecule has 2 aliphatic rings. The Labute approximate surface area is 195 Å². The molecule has 2 N–H and O–H groups in total. The molecule has 1 saturated carbocycles. The first-order valence-corrected chi connectivity index (χ1v) is 12.4. The minimum atomic E-state index is -4.26. The van der Waals surface area contributed by atoms with Crippen LogP contribution in [0.25, 0.3) is 11.9 Å². The molecule has 11 heteroatoms. The highest BCUT2D eigenvalue weighted by Crippen LogP contribution is 2.47. The van der Waals surface area contributed by atoms with Crippen LogP contribution in [0.2, 0.25) is 0 Å². The number of rotatable bonds is 8. The highest BCUT2D eigenvalue weighted by atomic mass is 32.2. The summed E-state index contributed by atoms with van der Waals surface area (Å²) in [6.07, 6.45) is 5.73. The third kappa shape index (κ3) is 4.40. The lowest BCUT2D eigenvalue weighted by Gasteiger charge is -2.25. The molecule has 0 bridgehead atoms. The third-order valence-corrected chi connectivity index (χ3v) is 9.20. The van der Waals surface area contributed by atoms with Crippen LogP contribution in [0.4, 0.5) is 13.2 Å². The second-order valence-corrected chi connectivity index (χ2v) is 11.0. The fourth-order valence-electron chi connectivity index (χ4n) is 4.07. The van der Waals surface area contributed by atoms with Crippen LogP contribution in [0, 0.1) is 11.7 Å². The molecule has 1 aromatic carbocycles. The van der Waals surface area contributed by atoms with Gasteiger partial charge in [-0.05, 0) is 55.4 Å². The third-order valence-electron chi connectivity index (χ3n) is 6.35. The van der Waals surface area contributed by atoms with Gasteiger partial charge in [0.05, 0.1) is 24.3 Å². The van der Waals surface area contributed by atoms with Crippen LogP contribution in [0.1, 0.15) is 47.8 Å². The van der Waals surface area contributed by atoms with Gasteiger partial charge in [-0.1, -0.05) is 6.07 Å². The van der Waals surface area contributed by atoms with Gasteiger partial charge in [-0.25, -0.2) is 31.6 Å². The van der Waals surface area contributed by atoms with Gasteiger partial charge in [0, 0.05) is 12.6 Å². The quantitative estimate of drug-likeness (QED) is 0.442. The Morgan fingerprint density at radius 2 is 2.06 bits per heavy atom. The number of ether oxygens (including phenoxy) is 1. The fourth-order valence-corrected chi connectivity index (χ4v) is 6.49. The molecule has 0 unspecified atom stereocenters. The Kier molecular flexibility index (Phi) is 6.66. The maximum atomic E-state index is 14.8. The minimum Gasteiger partial charge on any atom is -0.476 e. The van der Waals surface area contributed by atoms with Gasteiger partial charge in [-0.15, -0.1) is 0 Å². The van der Waals surface area contributed by atoms with Crippen LogP contribution in [-0.4, -0.2) is 49.3 Å². The number of benzene rings is 1. The first-order valence-electron chi connectivity index (χ1n) is 10.9. The van der Waals surface area contributed by atoms with Gasteiger partial charge >= 0.3 is 0 Å². The molecule has 0 spiro atoms. The van der Waals surface area contributed by atoms with Gasteiger partial charge in [0.25, 0.3) is 0 Å². The lowest BCUT2D eigenvalue weighted by atomic mass is 9.98. The molecule has 7 nitrogen and oxygen atoms in total. The van der Waals surface area contributed by atoms with Crippen LogP contribution >= 0.6 is 0 Å². The van der Waals surface area contributed by atoms with Crippen LogP contribution in [0.15, 0.2) is 35.6 Å². The SMILES string of the molecule is C/N=C(/N)[C@@]1(CF)CC[C@@H](c2cc(/C=C(\F)c3cnc(OCC4CC4)cn3)ccc2F)S1(=O)=O. The number of halogens is 3. The number of nitrogens with zero attached hydrogens (tertiary/aromatic N) is 3. The molecule has 0 amide bonds. The number of hydrogen-bond acceptors (Lipinski definition) is 6. The molecule has 2 atom stereocenters. The topological polar surface area (TPSA) is 108 Å². The second-order valence-electron chi connectivity index (χ2n) is 8.58. The van der Waals surface area contributed by atoms with E-state index in [0.717, 1.165) is 25.0 Å². The summed E-state index contributed by atoms with van der Waals surface area (Å²) in [5, 5.41) is -1.33. The largest absolute Gasteiger partial charge is 0.476 e. The van der Waals surface area contributed by atoms with E-state index in [9.17, 15) is 21.6 Å². The average Bonchev–Trinajstić information content (AvgIpc) is 3.62. The number of hydrogen-bond donors (Lipinski definition) is 1. The number of alkyl halides is 1. The van der Waals surface area contributed by atoms with Crippen molar-refractivity contribution in [3.8, 4) is 5.88 Å². The summed E-state index contributed by atoms with van der Waals surface area (Å²) >= 11 is 0. The van der Waals surface area contributed by atoms with Gasteiger partial charge in [-0.2, -0.15) is 0 Å². The zero-order valence-electron chi connectivity index (χ0n) is 18.5. The monoisotopic (exact) mass is 494 g/mol. The smallest absolute Gasteiger partial charge is 0.232 e. The molecular weight excluding hydrogens is 469 g/mol. The molecule has 182 valence electrons. The Hall–Kier alpha value is -2.95. The van der Waals surface area contributed by atoms with Gasteiger partial charge < -0.3 is 10.5 Å². The molecule has 1 saturated heterocycles. The van der Waals surface area contributed by atoms with E-state index in [2.05, 4.69) is 15.0 Å². The lowest BCUT2D eigenvalue weighted by molar-refractivity contribution is 0.287. The highest BCUT2D eigenvalue weighted by molar-refractivity contribution is 7.94. The predicted octanol–water partition coefficient (Wildman–Crippen LogP) is 3.82. The first kappa shape index (κ1) is 24.2. The number of sulfone groups is 1. The van der Waals surface area contributed by atoms with E-state index in [-0.39, 0.29) is 35.5 Å². The summed E-state index contributed by atoms with van der Waals surface area (Å²) in [7, 11) is -2.98. The summed E-state index contributed by atoms with van der Waals surface area (Å²) in [6.45, 7) is -0.710. The maximum Gasteiger partial charge on any atom is 0.232 e. The molecule has 4 rings (SSSR count). The van der Waals surface area contributed by atoms with Crippen LogP contribution in [0.3, 0.4) is 0 Å². The molecule has 2 fully saturated rings. The predicted molar refractivity (Wildman–Crippen MR) is 123 cm³/mol. The maximum absolute atomic E-state index is 14.8. The Bertz CT molecular complexity index is 1230. The van der Waals surface area contributed by atoms with E-state index in [4.69, 9.17) is 10.5 Å². The molecule has 34 heavy (non-hydrogen) atoms. The Balaban J connectivity index is 1.59. The molecule has 0 radical (unpaired) electrons. The van der Waals surface area contributed by atoms with Crippen molar-refractivity contribution >= 4 is 27.6 Å². The number of nitrogens with two attached hydrogens (primary N) is 1. The molecule has 1 aliphatic heterocycles. The van der Waals surface area contributed by atoms with E-state index >= 15 is 0 Å². The van der Waals surface area contributed by atoms with Crippen LogP contribution in [0.5, 0.6) is 5.88 Å². The summed E-state index contributed by atoms with van der Waals surface area (Å²) < 4.78 is 73.3. The van der Waals surface area contributed by atoms with Gasteiger partial charge in [0.2, 0.25) is 5.88 Å². The first-order chi connectivity index (χ1) is 16.2. The zero-order valence-corrected chi connectivity index (χ0v) is 19.4. The normalized spacial score (nSPS) is 24.9. The van der Waals surface area contributed by atoms with Gasteiger partial charge in [0.15, 0.2) is 20.4 Å². The van der Waals surface area contributed by atoms with Gasteiger partial charge in [-0.3, -0.25) is 4.99 Å². The Morgan fingerprint density at radius 3 is 2.68 bits per heavy atom. The Morgan fingerprint density at radius 1 is 1.29 bits per heavy atom. The fraction of sp³-hybridized carbons (Fsp3) is 0.435. The van der Waals surface area contributed by atoms with Crippen molar-refractivity contribution in [3.63, 3.8) is 0 Å². The summed E-state index contributed by atoms with van der Waals surface area (Å²) in [4.78, 5) is 11.7. The number of aromatic nitrogens is 2. The lowest BCUT2D eigenvalue weighted by Crippen LogP contribution is -2.50. The van der Waals surface area contributed by atoms with Crippen molar-refractivity contribution in [2.75, 3.05) is 20.3 Å². The molecule has 1 aliphatic carbocycles. The van der Waals surface area contributed by atoms with Crippen molar-refractivity contribution in [1.29, 1.82) is 0 Å². The van der Waals surface area contributed by atoms with E-state index in [1.165, 1.54) is 31.6 Å². The zero-order chi connectivity index (χ0) is 24.5. The highest BCUT2D eigenvalue weighted by Gasteiger charge is 2.57. The van der Waals surface area contributed by atoms with E-state index in [1.807, 2.05) is 0 Å². The van der Waals surface area contributed by atoms with Crippen molar-refractivity contribution < 1.29 is 26.3 Å². The van der Waals surface area contributed by atoms with Crippen molar-refractivity contribution in [1.82, 2.24) is 9.97 Å². The summed E-state index contributed by atoms with van der Waals surface area (Å²) in [6, 6.07) is 3.60. The van der Waals surface area contributed by atoms with Crippen molar-refractivity contribution in [2.45, 2.75) is 35.7 Å². The van der Waals surface area contributed by atoms with Crippen LogP contribution in [-0.2, 0) is 9.84 Å². The van der Waals surface area contributed by atoms with Crippen molar-refractivity contribution in [3.05, 3.63) is 53.2 Å². The standard InChI is InChI=1S/C23H25F3N4O3S/c1-28-22(27)23(13-24)7-6-20(34(23,31)32)16-8-15(4-5-17(16)25)9-18(26)19-10-30-21(11-29-19)33-12-14-2-3-14/h4-5,8-11,14,20H,2-3,6-7,12-13H2,1H3,(H2,27,28)/b18-9-/t20-,23-/m0/s1.